The van der Waals surface area contributed by atoms with Gasteiger partial charge in [0, 0.05) is 29.8 Å². The Balaban J connectivity index is 1.93. The van der Waals surface area contributed by atoms with E-state index in [4.69, 9.17) is 21.3 Å². The number of nitrogens with one attached hydrogen (secondary N) is 1. The number of anilines is 1. The number of esters is 1. The number of nitrogens with zero attached hydrogens (tertiary/aromatic N) is 2. The number of hydrogen-bond donors (Lipinski definition) is 4. The molecule has 0 spiro atoms. The summed E-state index contributed by atoms with van der Waals surface area (Å²) in [5.74, 6) is 10.8. The SMILES string of the molecule is CO[NH2+]c1ccc(S/C(=N/N)N(C)N)c(C(=O)Nc2ccc(C3CCCC3)c(C(=O)OC)c2)c1. The quantitative estimate of drug-likeness (QED) is 0.0884. The number of hydrazine groups is 1. The number of nitrogens with two attached hydrogens (primary N) is 3. The first-order valence-corrected chi connectivity index (χ1v) is 11.7. The smallest absolute Gasteiger partial charge is 0.338 e. The maximum absolute atomic E-state index is 13.3. The summed E-state index contributed by atoms with van der Waals surface area (Å²) in [5, 5.41) is 8.17. The number of carbonyl (C=O) groups is 2. The summed E-state index contributed by atoms with van der Waals surface area (Å²) in [6.07, 6.45) is 4.37. The van der Waals surface area contributed by atoms with E-state index in [1.165, 1.54) is 24.7 Å². The Morgan fingerprint density at radius 2 is 1.88 bits per heavy atom. The minimum absolute atomic E-state index is 0.324. The molecule has 1 aliphatic rings. The first-order chi connectivity index (χ1) is 16.4. The Labute approximate surface area is 202 Å². The van der Waals surface area contributed by atoms with Crippen molar-refractivity contribution in [1.82, 2.24) is 5.01 Å². The highest BCUT2D eigenvalue weighted by Crippen LogP contribution is 2.37. The van der Waals surface area contributed by atoms with E-state index >= 15 is 0 Å². The molecule has 0 heterocycles. The average Bonchev–Trinajstić information content (AvgIpc) is 3.37. The summed E-state index contributed by atoms with van der Waals surface area (Å²) < 4.78 is 5.01. The van der Waals surface area contributed by atoms with Crippen molar-refractivity contribution in [1.29, 1.82) is 0 Å². The van der Waals surface area contributed by atoms with Gasteiger partial charge in [0.1, 0.15) is 0 Å². The van der Waals surface area contributed by atoms with Gasteiger partial charge in [0.25, 0.3) is 5.91 Å². The molecule has 0 bridgehead atoms. The highest BCUT2D eigenvalue weighted by molar-refractivity contribution is 8.13. The summed E-state index contributed by atoms with van der Waals surface area (Å²) in [7, 11) is 4.50. The Morgan fingerprint density at radius 3 is 2.50 bits per heavy atom. The van der Waals surface area contributed by atoms with Crippen molar-refractivity contribution in [3.05, 3.63) is 53.1 Å². The molecule has 34 heavy (non-hydrogen) atoms. The average molecular weight is 488 g/mol. The summed E-state index contributed by atoms with van der Waals surface area (Å²) in [6, 6.07) is 10.7. The number of rotatable bonds is 7. The van der Waals surface area contributed by atoms with Gasteiger partial charge in [0.2, 0.25) is 5.17 Å². The van der Waals surface area contributed by atoms with Crippen molar-refractivity contribution in [2.75, 3.05) is 26.6 Å². The van der Waals surface area contributed by atoms with Crippen LogP contribution in [0.1, 0.15) is 57.9 Å². The lowest BCUT2D eigenvalue weighted by atomic mass is 9.92. The molecular formula is C23H31N6O4S+. The Kier molecular flexibility index (Phi) is 8.88. The lowest BCUT2D eigenvalue weighted by Crippen LogP contribution is -2.75. The van der Waals surface area contributed by atoms with Gasteiger partial charge in [-0.05, 0) is 54.3 Å². The molecule has 11 heteroatoms. The maximum Gasteiger partial charge on any atom is 0.338 e. The monoisotopic (exact) mass is 487 g/mol. The van der Waals surface area contributed by atoms with Crippen LogP contribution >= 0.6 is 11.8 Å². The normalized spacial score (nSPS) is 14.2. The van der Waals surface area contributed by atoms with Gasteiger partial charge in [-0.1, -0.05) is 18.9 Å². The number of benzene rings is 2. The van der Waals surface area contributed by atoms with Crippen LogP contribution < -0.4 is 22.5 Å². The van der Waals surface area contributed by atoms with Crippen molar-refractivity contribution in [3.8, 4) is 0 Å². The molecule has 1 saturated carbocycles. The van der Waals surface area contributed by atoms with Crippen LogP contribution in [0.25, 0.3) is 0 Å². The first-order valence-electron chi connectivity index (χ1n) is 10.9. The van der Waals surface area contributed by atoms with E-state index in [1.54, 1.807) is 31.3 Å². The highest BCUT2D eigenvalue weighted by Gasteiger charge is 2.24. The Bertz CT molecular complexity index is 1070. The molecule has 0 aliphatic heterocycles. The van der Waals surface area contributed by atoms with Crippen LogP contribution in [0.2, 0.25) is 0 Å². The molecule has 1 amide bonds. The van der Waals surface area contributed by atoms with E-state index < -0.39 is 5.97 Å². The summed E-state index contributed by atoms with van der Waals surface area (Å²) in [6.45, 7) is 0. The minimum atomic E-state index is -0.416. The van der Waals surface area contributed by atoms with E-state index in [1.807, 2.05) is 12.1 Å². The van der Waals surface area contributed by atoms with Gasteiger partial charge >= 0.3 is 5.97 Å². The van der Waals surface area contributed by atoms with Crippen LogP contribution in [0.4, 0.5) is 11.4 Å². The summed E-state index contributed by atoms with van der Waals surface area (Å²) in [5.41, 5.74) is 4.54. The summed E-state index contributed by atoms with van der Waals surface area (Å²) in [4.78, 5) is 31.5. The van der Waals surface area contributed by atoms with Gasteiger partial charge in [-0.25, -0.2) is 15.5 Å². The third-order valence-corrected chi connectivity index (χ3v) is 6.78. The molecule has 2 aromatic carbocycles. The largest absolute Gasteiger partial charge is 0.465 e. The maximum atomic E-state index is 13.3. The van der Waals surface area contributed by atoms with E-state index in [0.29, 0.717) is 38.5 Å². The summed E-state index contributed by atoms with van der Waals surface area (Å²) >= 11 is 1.16. The second-order valence-electron chi connectivity index (χ2n) is 7.96. The standard InChI is InChI=1S/C23H30N6O4S/c1-29(25)23(27-24)34-20-11-9-16(28-33-3)13-19(20)21(30)26-15-8-10-17(14-6-4-5-7-14)18(12-15)22(31)32-2/h8-14,28H,4-7,24-25H2,1-3H3,(H,26,30)/p+1/b27-23+. The fourth-order valence-electron chi connectivity index (χ4n) is 4.02. The molecule has 3 rings (SSSR count). The Morgan fingerprint density at radius 1 is 1.15 bits per heavy atom. The fourth-order valence-corrected chi connectivity index (χ4v) is 4.81. The molecule has 0 unspecified atom stereocenters. The molecule has 0 saturated heterocycles. The number of ether oxygens (including phenoxy) is 1. The zero-order chi connectivity index (χ0) is 24.7. The zero-order valence-electron chi connectivity index (χ0n) is 19.5. The van der Waals surface area contributed by atoms with Crippen LogP contribution in [0.5, 0.6) is 0 Å². The van der Waals surface area contributed by atoms with E-state index in [2.05, 4.69) is 10.4 Å². The van der Waals surface area contributed by atoms with Crippen LogP contribution in [-0.4, -0.2) is 43.3 Å². The Hall–Kier alpha value is -3.12. The van der Waals surface area contributed by atoms with Gasteiger partial charge in [0.05, 0.1) is 25.3 Å². The number of thioether (sulfide) groups is 1. The number of quaternary nitrogens is 1. The number of carbonyl (C=O) groups excluding carboxylic acids is 2. The van der Waals surface area contributed by atoms with Crippen LogP contribution in [0, 0.1) is 0 Å². The van der Waals surface area contributed by atoms with Crippen molar-refractivity contribution in [2.24, 2.45) is 16.8 Å². The van der Waals surface area contributed by atoms with Crippen molar-refractivity contribution in [3.63, 3.8) is 0 Å². The number of methoxy groups -OCH3 is 1. The topological polar surface area (TPSA) is 149 Å². The van der Waals surface area contributed by atoms with Crippen molar-refractivity contribution in [2.45, 2.75) is 36.5 Å². The van der Waals surface area contributed by atoms with Gasteiger partial charge in [-0.15, -0.1) is 0 Å². The lowest BCUT2D eigenvalue weighted by Gasteiger charge is -2.17. The number of amides is 1. The predicted octanol–water partition coefficient (Wildman–Crippen LogP) is 2.27. The van der Waals surface area contributed by atoms with Gasteiger partial charge in [0.15, 0.2) is 5.69 Å². The number of hydrazone groups is 1. The van der Waals surface area contributed by atoms with Gasteiger partial charge in [-0.3, -0.25) is 9.80 Å². The molecule has 0 atom stereocenters. The van der Waals surface area contributed by atoms with Crippen LogP contribution in [-0.2, 0) is 9.57 Å². The molecular weight excluding hydrogens is 456 g/mol. The van der Waals surface area contributed by atoms with Gasteiger partial charge in [-0.2, -0.15) is 10.6 Å². The molecule has 7 N–H and O–H groups in total. The lowest BCUT2D eigenvalue weighted by molar-refractivity contribution is -0.830. The zero-order valence-corrected chi connectivity index (χ0v) is 20.4. The number of hydrogen-bond acceptors (Lipinski definition) is 8. The minimum Gasteiger partial charge on any atom is -0.465 e. The van der Waals surface area contributed by atoms with E-state index in [-0.39, 0.29) is 5.91 Å². The second kappa shape index (κ2) is 11.8. The molecule has 2 aromatic rings. The predicted molar refractivity (Wildman–Crippen MR) is 131 cm³/mol. The molecule has 0 aromatic heterocycles. The molecule has 1 aliphatic carbocycles. The molecule has 182 valence electrons. The molecule has 10 nitrogen and oxygen atoms in total. The van der Waals surface area contributed by atoms with E-state index in [0.717, 1.165) is 43.0 Å². The fraction of sp³-hybridized carbons (Fsp3) is 0.348. The van der Waals surface area contributed by atoms with Crippen molar-refractivity contribution >= 4 is 40.2 Å². The van der Waals surface area contributed by atoms with E-state index in [9.17, 15) is 9.59 Å². The van der Waals surface area contributed by atoms with Crippen molar-refractivity contribution < 1.29 is 24.6 Å². The van der Waals surface area contributed by atoms with Crippen LogP contribution in [0.15, 0.2) is 46.4 Å². The third kappa shape index (κ3) is 6.06. The second-order valence-corrected chi connectivity index (χ2v) is 8.97. The first kappa shape index (κ1) is 25.5. The highest BCUT2D eigenvalue weighted by atomic mass is 32.2. The van der Waals surface area contributed by atoms with Crippen LogP contribution in [0.3, 0.4) is 0 Å². The number of amidine groups is 1. The molecule has 0 radical (unpaired) electrons. The van der Waals surface area contributed by atoms with Gasteiger partial charge < -0.3 is 15.9 Å². The molecule has 1 fully saturated rings. The third-order valence-electron chi connectivity index (χ3n) is 5.63.